The Kier molecular flexibility index (Phi) is 7.47. The Morgan fingerprint density at radius 2 is 1.79 bits per heavy atom. The third-order valence-electron chi connectivity index (χ3n) is 4.53. The van der Waals surface area contributed by atoms with Crippen LogP contribution in [0.5, 0.6) is 0 Å². The summed E-state index contributed by atoms with van der Waals surface area (Å²) in [7, 11) is 0. The van der Waals surface area contributed by atoms with Gasteiger partial charge in [-0.05, 0) is 50.6 Å². The third-order valence-corrected chi connectivity index (χ3v) is 4.84. The van der Waals surface area contributed by atoms with Gasteiger partial charge in [0.25, 0.3) is 0 Å². The van der Waals surface area contributed by atoms with Crippen LogP contribution in [0, 0.1) is 6.92 Å². The molecule has 0 spiro atoms. The van der Waals surface area contributed by atoms with E-state index in [2.05, 4.69) is 23.7 Å². The molecular weight excluding hydrogens is 320 g/mol. The van der Waals surface area contributed by atoms with Crippen molar-refractivity contribution in [3.63, 3.8) is 0 Å². The first-order valence-electron chi connectivity index (χ1n) is 9.02. The second-order valence-corrected chi connectivity index (χ2v) is 6.92. The van der Waals surface area contributed by atoms with Crippen LogP contribution in [0.2, 0.25) is 5.02 Å². The van der Waals surface area contributed by atoms with E-state index in [-0.39, 0.29) is 0 Å². The summed E-state index contributed by atoms with van der Waals surface area (Å²) in [5, 5.41) is 12.5. The summed E-state index contributed by atoms with van der Waals surface area (Å²) in [6, 6.07) is 5.75. The van der Waals surface area contributed by atoms with Gasteiger partial charge in [-0.15, -0.1) is 0 Å². The first-order chi connectivity index (χ1) is 11.6. The van der Waals surface area contributed by atoms with Crippen molar-refractivity contribution in [2.75, 3.05) is 19.6 Å². The monoisotopic (exact) mass is 348 g/mol. The van der Waals surface area contributed by atoms with Gasteiger partial charge in [0.15, 0.2) is 0 Å². The maximum Gasteiger partial charge on any atom is 0.0937 e. The van der Waals surface area contributed by atoms with Crippen LogP contribution in [0.3, 0.4) is 0 Å². The highest BCUT2D eigenvalue weighted by Crippen LogP contribution is 2.31. The lowest BCUT2D eigenvalue weighted by molar-refractivity contribution is 0.112. The predicted octanol–water partition coefficient (Wildman–Crippen LogP) is 5.13. The van der Waals surface area contributed by atoms with Crippen LogP contribution in [0.4, 0.5) is 0 Å². The highest BCUT2D eigenvalue weighted by Gasteiger charge is 2.18. The van der Waals surface area contributed by atoms with Crippen molar-refractivity contribution in [1.82, 2.24) is 9.88 Å². The Bertz CT molecular complexity index is 643. The Morgan fingerprint density at radius 3 is 2.42 bits per heavy atom. The van der Waals surface area contributed by atoms with Gasteiger partial charge >= 0.3 is 0 Å². The van der Waals surface area contributed by atoms with Crippen LogP contribution in [0.25, 0.3) is 10.9 Å². The number of aromatic nitrogens is 1. The van der Waals surface area contributed by atoms with Crippen molar-refractivity contribution >= 4 is 22.5 Å². The van der Waals surface area contributed by atoms with E-state index in [1.807, 2.05) is 25.1 Å². The Balaban J connectivity index is 2.25. The van der Waals surface area contributed by atoms with Crippen LogP contribution < -0.4 is 0 Å². The molecule has 0 amide bonds. The molecule has 2 aromatic rings. The first-order valence-corrected chi connectivity index (χ1v) is 9.40. The fourth-order valence-electron chi connectivity index (χ4n) is 3.07. The summed E-state index contributed by atoms with van der Waals surface area (Å²) in [6.07, 6.45) is 5.90. The summed E-state index contributed by atoms with van der Waals surface area (Å²) < 4.78 is 0. The summed E-state index contributed by atoms with van der Waals surface area (Å²) in [5.41, 5.74) is 2.78. The van der Waals surface area contributed by atoms with Gasteiger partial charge in [0.2, 0.25) is 0 Å². The minimum atomic E-state index is -0.548. The average molecular weight is 349 g/mol. The molecule has 0 saturated heterocycles. The number of halogens is 1. The third kappa shape index (κ3) is 4.69. The number of hydrogen-bond acceptors (Lipinski definition) is 3. The van der Waals surface area contributed by atoms with Crippen molar-refractivity contribution in [2.45, 2.75) is 52.6 Å². The van der Waals surface area contributed by atoms with E-state index in [0.29, 0.717) is 11.6 Å². The number of fused-ring (bicyclic) bond motifs is 1. The fourth-order valence-corrected chi connectivity index (χ4v) is 3.37. The van der Waals surface area contributed by atoms with E-state index < -0.39 is 6.10 Å². The molecule has 1 aromatic heterocycles. The molecule has 0 aliphatic heterocycles. The number of pyridine rings is 1. The van der Waals surface area contributed by atoms with Crippen LogP contribution >= 0.6 is 11.6 Å². The molecular formula is C20H29ClN2O. The molecule has 0 aliphatic rings. The molecule has 132 valence electrons. The molecule has 1 atom stereocenters. The van der Waals surface area contributed by atoms with Gasteiger partial charge in [0.1, 0.15) is 0 Å². The van der Waals surface area contributed by atoms with E-state index in [1.165, 1.54) is 12.8 Å². The van der Waals surface area contributed by atoms with Gasteiger partial charge in [-0.3, -0.25) is 4.98 Å². The average Bonchev–Trinajstić information content (AvgIpc) is 2.57. The van der Waals surface area contributed by atoms with Crippen LogP contribution in [0.1, 0.15) is 56.8 Å². The maximum atomic E-state index is 10.8. The maximum absolute atomic E-state index is 10.8. The number of unbranched alkanes of at least 4 members (excludes halogenated alkanes) is 2. The van der Waals surface area contributed by atoms with Crippen LogP contribution in [-0.2, 0) is 0 Å². The normalized spacial score (nSPS) is 12.9. The molecule has 4 heteroatoms. The molecule has 1 heterocycles. The number of hydrogen-bond donors (Lipinski definition) is 1. The van der Waals surface area contributed by atoms with Crippen molar-refractivity contribution < 1.29 is 5.11 Å². The van der Waals surface area contributed by atoms with E-state index in [4.69, 9.17) is 11.6 Å². The van der Waals surface area contributed by atoms with Crippen molar-refractivity contribution in [2.24, 2.45) is 0 Å². The van der Waals surface area contributed by atoms with Gasteiger partial charge in [-0.25, -0.2) is 0 Å². The van der Waals surface area contributed by atoms with Crippen LogP contribution in [0.15, 0.2) is 24.4 Å². The zero-order valence-corrected chi connectivity index (χ0v) is 15.8. The summed E-state index contributed by atoms with van der Waals surface area (Å²) in [5.74, 6) is 0. The quantitative estimate of drug-likeness (QED) is 0.682. The van der Waals surface area contributed by atoms with Gasteiger partial charge < -0.3 is 10.0 Å². The SMILES string of the molecule is CCCCN(CCCC)CC(O)c1ccc(Cl)c2c(C)ccnc12. The van der Waals surface area contributed by atoms with E-state index in [0.717, 1.165) is 48.0 Å². The lowest BCUT2D eigenvalue weighted by Gasteiger charge is -2.25. The van der Waals surface area contributed by atoms with Crippen molar-refractivity contribution in [3.05, 3.63) is 40.5 Å². The smallest absolute Gasteiger partial charge is 0.0937 e. The summed E-state index contributed by atoms with van der Waals surface area (Å²) in [6.45, 7) is 9.14. The largest absolute Gasteiger partial charge is 0.387 e. The Morgan fingerprint density at radius 1 is 1.12 bits per heavy atom. The molecule has 24 heavy (non-hydrogen) atoms. The fraction of sp³-hybridized carbons (Fsp3) is 0.550. The number of aliphatic hydroxyl groups excluding tert-OH is 1. The van der Waals surface area contributed by atoms with Gasteiger partial charge in [0, 0.05) is 23.7 Å². The molecule has 3 nitrogen and oxygen atoms in total. The number of nitrogens with zero attached hydrogens (tertiary/aromatic N) is 2. The molecule has 2 rings (SSSR count). The van der Waals surface area contributed by atoms with Gasteiger partial charge in [-0.2, -0.15) is 0 Å². The zero-order chi connectivity index (χ0) is 17.5. The van der Waals surface area contributed by atoms with E-state index >= 15 is 0 Å². The minimum absolute atomic E-state index is 0.548. The second-order valence-electron chi connectivity index (χ2n) is 6.51. The predicted molar refractivity (Wildman–Crippen MR) is 103 cm³/mol. The summed E-state index contributed by atoms with van der Waals surface area (Å²) >= 11 is 6.35. The second kappa shape index (κ2) is 9.36. The lowest BCUT2D eigenvalue weighted by atomic mass is 10.0. The molecule has 0 radical (unpaired) electrons. The molecule has 1 unspecified atom stereocenters. The number of rotatable bonds is 9. The summed E-state index contributed by atoms with van der Waals surface area (Å²) in [4.78, 5) is 6.86. The highest BCUT2D eigenvalue weighted by molar-refractivity contribution is 6.35. The minimum Gasteiger partial charge on any atom is -0.387 e. The molecule has 1 N–H and O–H groups in total. The molecule has 1 aromatic carbocycles. The van der Waals surface area contributed by atoms with E-state index in [1.54, 1.807) is 6.20 Å². The standard InChI is InChI=1S/C20H29ClN2O/c1-4-6-12-23(13-7-5-2)14-18(24)16-8-9-17(21)19-15(3)10-11-22-20(16)19/h8-11,18,24H,4-7,12-14H2,1-3H3. The van der Waals surface area contributed by atoms with Crippen LogP contribution in [-0.4, -0.2) is 34.6 Å². The number of benzene rings is 1. The molecule has 0 aliphatic carbocycles. The molecule has 0 bridgehead atoms. The molecule has 0 fully saturated rings. The van der Waals surface area contributed by atoms with Crippen molar-refractivity contribution in [3.8, 4) is 0 Å². The lowest BCUT2D eigenvalue weighted by Crippen LogP contribution is -2.31. The van der Waals surface area contributed by atoms with Gasteiger partial charge in [-0.1, -0.05) is 44.4 Å². The van der Waals surface area contributed by atoms with Gasteiger partial charge in [0.05, 0.1) is 16.6 Å². The Hall–Kier alpha value is -1.16. The number of aliphatic hydroxyl groups is 1. The number of aryl methyl sites for hydroxylation is 1. The molecule has 0 saturated carbocycles. The zero-order valence-electron chi connectivity index (χ0n) is 15.1. The van der Waals surface area contributed by atoms with E-state index in [9.17, 15) is 5.11 Å². The topological polar surface area (TPSA) is 36.4 Å². The Labute approximate surface area is 150 Å². The highest BCUT2D eigenvalue weighted by atomic mass is 35.5. The first kappa shape index (κ1) is 19.2. The van der Waals surface area contributed by atoms with Crippen molar-refractivity contribution in [1.29, 1.82) is 0 Å².